The maximum absolute atomic E-state index is 13.4. The molecule has 1 aliphatic heterocycles. The molecule has 0 spiro atoms. The first-order chi connectivity index (χ1) is 19.5. The van der Waals surface area contributed by atoms with E-state index in [4.69, 9.17) is 0 Å². The van der Waals surface area contributed by atoms with Gasteiger partial charge in [0.2, 0.25) is 15.9 Å². The predicted octanol–water partition coefficient (Wildman–Crippen LogP) is 5.74. The molecule has 1 fully saturated rings. The van der Waals surface area contributed by atoms with E-state index in [2.05, 4.69) is 46.6 Å². The lowest BCUT2D eigenvalue weighted by atomic mass is 9.96. The largest absolute Gasteiger partial charge is 0.326 e. The van der Waals surface area contributed by atoms with Crippen LogP contribution < -0.4 is 5.32 Å². The fourth-order valence-electron chi connectivity index (χ4n) is 5.27. The van der Waals surface area contributed by atoms with Gasteiger partial charge in [0.05, 0.1) is 10.9 Å². The molecular formula is C33H35N3O3S. The van der Waals surface area contributed by atoms with Crippen LogP contribution in [0.1, 0.15) is 35.6 Å². The second-order valence-corrected chi connectivity index (χ2v) is 12.0. The van der Waals surface area contributed by atoms with E-state index >= 15 is 0 Å². The molecule has 0 atom stereocenters. The van der Waals surface area contributed by atoms with Crippen LogP contribution in [0.3, 0.4) is 0 Å². The molecule has 1 N–H and O–H groups in total. The van der Waals surface area contributed by atoms with Gasteiger partial charge < -0.3 is 5.32 Å². The second kappa shape index (κ2) is 13.0. The highest BCUT2D eigenvalue weighted by atomic mass is 32.2. The van der Waals surface area contributed by atoms with Crippen LogP contribution in [0.4, 0.5) is 5.69 Å². The average Bonchev–Trinajstić information content (AvgIpc) is 2.99. The molecule has 0 aromatic heterocycles. The Balaban J connectivity index is 1.18. The molecule has 5 rings (SSSR count). The van der Waals surface area contributed by atoms with E-state index in [0.29, 0.717) is 38.3 Å². The molecular weight excluding hydrogens is 518 g/mol. The second-order valence-electron chi connectivity index (χ2n) is 10.1. The number of aryl methyl sites for hydroxylation is 1. The van der Waals surface area contributed by atoms with Gasteiger partial charge in [0, 0.05) is 38.3 Å². The SMILES string of the molecule is O=C(CCCc1ccccc1)Nc1ccc(S(=O)(=O)N2CCN(C(c3ccccc3)c3ccccc3)CC2)cc1. The first-order valence-electron chi connectivity index (χ1n) is 13.8. The summed E-state index contributed by atoms with van der Waals surface area (Å²) >= 11 is 0. The van der Waals surface area contributed by atoms with Gasteiger partial charge in [0.1, 0.15) is 0 Å². The van der Waals surface area contributed by atoms with Crippen molar-refractivity contribution < 1.29 is 13.2 Å². The number of anilines is 1. The number of nitrogens with zero attached hydrogens (tertiary/aromatic N) is 2. The maximum atomic E-state index is 13.4. The van der Waals surface area contributed by atoms with E-state index in [9.17, 15) is 13.2 Å². The Bertz CT molecular complexity index is 1430. The predicted molar refractivity (Wildman–Crippen MR) is 160 cm³/mol. The summed E-state index contributed by atoms with van der Waals surface area (Å²) in [4.78, 5) is 15.0. The molecule has 1 saturated heterocycles. The highest BCUT2D eigenvalue weighted by Gasteiger charge is 2.32. The lowest BCUT2D eigenvalue weighted by molar-refractivity contribution is -0.116. The van der Waals surface area contributed by atoms with Gasteiger partial charge in [0.15, 0.2) is 0 Å². The molecule has 4 aromatic carbocycles. The maximum Gasteiger partial charge on any atom is 0.243 e. The lowest BCUT2D eigenvalue weighted by Gasteiger charge is -2.39. The van der Waals surface area contributed by atoms with E-state index in [-0.39, 0.29) is 16.8 Å². The van der Waals surface area contributed by atoms with Gasteiger partial charge in [-0.2, -0.15) is 4.31 Å². The number of rotatable bonds is 10. The van der Waals surface area contributed by atoms with Crippen molar-refractivity contribution in [1.82, 2.24) is 9.21 Å². The molecule has 0 unspecified atom stereocenters. The van der Waals surface area contributed by atoms with Gasteiger partial charge in [-0.25, -0.2) is 8.42 Å². The normalized spacial score (nSPS) is 14.7. The zero-order chi connectivity index (χ0) is 27.8. The summed E-state index contributed by atoms with van der Waals surface area (Å²) in [6.45, 7) is 2.09. The van der Waals surface area contributed by atoms with Crippen LogP contribution in [0.2, 0.25) is 0 Å². The van der Waals surface area contributed by atoms with Crippen molar-refractivity contribution in [3.8, 4) is 0 Å². The molecule has 40 heavy (non-hydrogen) atoms. The highest BCUT2D eigenvalue weighted by molar-refractivity contribution is 7.89. The summed E-state index contributed by atoms with van der Waals surface area (Å²) < 4.78 is 28.4. The molecule has 0 saturated carbocycles. The van der Waals surface area contributed by atoms with Crippen LogP contribution in [0.5, 0.6) is 0 Å². The van der Waals surface area contributed by atoms with Crippen LogP contribution in [0, 0.1) is 0 Å². The van der Waals surface area contributed by atoms with E-state index in [0.717, 1.165) is 12.8 Å². The minimum atomic E-state index is -3.64. The lowest BCUT2D eigenvalue weighted by Crippen LogP contribution is -2.49. The standard InChI is InChI=1S/C33H35N3O3S/c37-32(18-10-13-27-11-4-1-5-12-27)34-30-19-21-31(22-20-30)40(38,39)36-25-23-35(24-26-36)33(28-14-6-2-7-15-28)29-16-8-3-9-17-29/h1-9,11-12,14-17,19-22,33H,10,13,18,23-26H2,(H,34,37). The minimum absolute atomic E-state index is 0.0721. The molecule has 0 aliphatic carbocycles. The summed E-state index contributed by atoms with van der Waals surface area (Å²) in [7, 11) is -3.64. The van der Waals surface area contributed by atoms with Crippen LogP contribution in [-0.2, 0) is 21.2 Å². The number of carbonyl (C=O) groups is 1. The summed E-state index contributed by atoms with van der Waals surface area (Å²) in [6.07, 6.45) is 2.01. The number of benzene rings is 4. The fourth-order valence-corrected chi connectivity index (χ4v) is 6.69. The van der Waals surface area contributed by atoms with Crippen LogP contribution in [0.15, 0.2) is 120 Å². The third-order valence-electron chi connectivity index (χ3n) is 7.36. The Morgan fingerprint density at radius 3 is 1.77 bits per heavy atom. The van der Waals surface area contributed by atoms with E-state index in [1.54, 1.807) is 28.6 Å². The monoisotopic (exact) mass is 553 g/mol. The molecule has 4 aromatic rings. The fraction of sp³-hybridized carbons (Fsp3) is 0.242. The Morgan fingerprint density at radius 2 is 1.23 bits per heavy atom. The van der Waals surface area contributed by atoms with Gasteiger partial charge in [0.25, 0.3) is 0 Å². The van der Waals surface area contributed by atoms with Crippen molar-refractivity contribution in [1.29, 1.82) is 0 Å². The summed E-state index contributed by atoms with van der Waals surface area (Å²) in [6, 6.07) is 37.4. The van der Waals surface area contributed by atoms with Gasteiger partial charge in [-0.3, -0.25) is 9.69 Å². The summed E-state index contributed by atoms with van der Waals surface area (Å²) in [5.74, 6) is -0.0750. The molecule has 206 valence electrons. The smallest absolute Gasteiger partial charge is 0.243 e. The molecule has 1 amide bonds. The third kappa shape index (κ3) is 6.86. The third-order valence-corrected chi connectivity index (χ3v) is 9.27. The van der Waals surface area contributed by atoms with Gasteiger partial charge in [-0.1, -0.05) is 91.0 Å². The Morgan fingerprint density at radius 1 is 0.700 bits per heavy atom. The average molecular weight is 554 g/mol. The van der Waals surface area contributed by atoms with Gasteiger partial charge in [-0.05, 0) is 53.8 Å². The number of hydrogen-bond acceptors (Lipinski definition) is 4. The number of carbonyl (C=O) groups excluding carboxylic acids is 1. The number of piperazine rings is 1. The van der Waals surface area contributed by atoms with Crippen LogP contribution in [0.25, 0.3) is 0 Å². The van der Waals surface area contributed by atoms with Gasteiger partial charge in [-0.15, -0.1) is 0 Å². The van der Waals surface area contributed by atoms with E-state index in [1.807, 2.05) is 54.6 Å². The molecule has 0 bridgehead atoms. The summed E-state index contributed by atoms with van der Waals surface area (Å²) in [5, 5.41) is 2.88. The van der Waals surface area contributed by atoms with Crippen molar-refractivity contribution >= 4 is 21.6 Å². The van der Waals surface area contributed by atoms with Gasteiger partial charge >= 0.3 is 0 Å². The Hall–Kier alpha value is -3.78. The summed E-state index contributed by atoms with van der Waals surface area (Å²) in [5.41, 5.74) is 4.20. The highest BCUT2D eigenvalue weighted by Crippen LogP contribution is 2.30. The van der Waals surface area contributed by atoms with Crippen molar-refractivity contribution in [2.45, 2.75) is 30.2 Å². The molecule has 7 heteroatoms. The van der Waals surface area contributed by atoms with Crippen molar-refractivity contribution in [2.24, 2.45) is 0 Å². The molecule has 1 heterocycles. The Labute approximate surface area is 237 Å². The minimum Gasteiger partial charge on any atom is -0.326 e. The first kappa shape index (κ1) is 27.8. The van der Waals surface area contributed by atoms with E-state index < -0.39 is 10.0 Å². The number of sulfonamides is 1. The molecule has 1 aliphatic rings. The van der Waals surface area contributed by atoms with Crippen molar-refractivity contribution in [2.75, 3.05) is 31.5 Å². The zero-order valence-electron chi connectivity index (χ0n) is 22.5. The quantitative estimate of drug-likeness (QED) is 0.272. The molecule has 0 radical (unpaired) electrons. The van der Waals surface area contributed by atoms with Crippen molar-refractivity contribution in [3.63, 3.8) is 0 Å². The van der Waals surface area contributed by atoms with E-state index in [1.165, 1.54) is 16.7 Å². The number of hydrogen-bond donors (Lipinski definition) is 1. The van der Waals surface area contributed by atoms with Crippen molar-refractivity contribution in [3.05, 3.63) is 132 Å². The zero-order valence-corrected chi connectivity index (χ0v) is 23.3. The molecule has 6 nitrogen and oxygen atoms in total. The number of nitrogens with one attached hydrogen (secondary N) is 1. The van der Waals surface area contributed by atoms with Crippen LogP contribution in [-0.4, -0.2) is 49.7 Å². The van der Waals surface area contributed by atoms with Crippen LogP contribution >= 0.6 is 0 Å². The topological polar surface area (TPSA) is 69.7 Å². The first-order valence-corrected chi connectivity index (χ1v) is 15.2. The number of amides is 1. The Kier molecular flexibility index (Phi) is 9.06.